The quantitative estimate of drug-likeness (QED) is 0.873. The van der Waals surface area contributed by atoms with Gasteiger partial charge in [-0.3, -0.25) is 4.79 Å². The predicted molar refractivity (Wildman–Crippen MR) is 81.4 cm³/mol. The number of aryl methyl sites for hydroxylation is 2. The van der Waals surface area contributed by atoms with Gasteiger partial charge in [0.2, 0.25) is 5.91 Å². The van der Waals surface area contributed by atoms with Gasteiger partial charge in [0.05, 0.1) is 25.3 Å². The number of morpholine rings is 1. The molecule has 0 unspecified atom stereocenters. The van der Waals surface area contributed by atoms with Crippen LogP contribution in [0.25, 0.3) is 0 Å². The van der Waals surface area contributed by atoms with Crippen LogP contribution in [0, 0.1) is 13.8 Å². The molecule has 0 N–H and O–H groups in total. The monoisotopic (exact) mass is 300 g/mol. The molecule has 22 heavy (non-hydrogen) atoms. The molecule has 2 heterocycles. The van der Waals surface area contributed by atoms with E-state index in [1.54, 1.807) is 0 Å². The van der Waals surface area contributed by atoms with Gasteiger partial charge in [-0.15, -0.1) is 0 Å². The first-order chi connectivity index (χ1) is 10.6. The van der Waals surface area contributed by atoms with Gasteiger partial charge in [-0.25, -0.2) is 0 Å². The Hall–Kier alpha value is -2.14. The van der Waals surface area contributed by atoms with Gasteiger partial charge in [0.1, 0.15) is 11.9 Å². The van der Waals surface area contributed by atoms with Crippen LogP contribution in [0.2, 0.25) is 0 Å². The van der Waals surface area contributed by atoms with Crippen LogP contribution in [0.5, 0.6) is 0 Å². The van der Waals surface area contributed by atoms with Crippen molar-refractivity contribution in [3.63, 3.8) is 0 Å². The molecule has 0 saturated carbocycles. The second-order valence-corrected chi connectivity index (χ2v) is 5.59. The van der Waals surface area contributed by atoms with E-state index >= 15 is 0 Å². The van der Waals surface area contributed by atoms with Gasteiger partial charge in [-0.2, -0.15) is 0 Å². The molecule has 2 aromatic rings. The first kappa shape index (κ1) is 14.8. The van der Waals surface area contributed by atoms with Crippen LogP contribution in [0.4, 0.5) is 0 Å². The number of ether oxygens (including phenoxy) is 1. The lowest BCUT2D eigenvalue weighted by Gasteiger charge is -2.33. The van der Waals surface area contributed by atoms with Crippen molar-refractivity contribution < 1.29 is 14.1 Å². The first-order valence-corrected chi connectivity index (χ1v) is 7.51. The lowest BCUT2D eigenvalue weighted by Crippen LogP contribution is -2.43. The smallest absolute Gasteiger partial charge is 0.227 e. The van der Waals surface area contributed by atoms with Crippen LogP contribution in [0.15, 0.2) is 34.9 Å². The van der Waals surface area contributed by atoms with E-state index < -0.39 is 0 Å². The highest BCUT2D eigenvalue weighted by molar-refractivity contribution is 5.79. The van der Waals surface area contributed by atoms with Crippen molar-refractivity contribution in [1.29, 1.82) is 0 Å². The van der Waals surface area contributed by atoms with Gasteiger partial charge in [0.25, 0.3) is 0 Å². The number of carbonyl (C=O) groups is 1. The summed E-state index contributed by atoms with van der Waals surface area (Å²) in [5.41, 5.74) is 2.80. The van der Waals surface area contributed by atoms with Crippen LogP contribution < -0.4 is 0 Å². The third-order valence-electron chi connectivity index (χ3n) is 4.10. The second kappa shape index (κ2) is 6.32. The third-order valence-corrected chi connectivity index (χ3v) is 4.10. The maximum Gasteiger partial charge on any atom is 0.227 e. The average Bonchev–Trinajstić information content (AvgIpc) is 2.88. The Balaban J connectivity index is 1.68. The van der Waals surface area contributed by atoms with Crippen molar-refractivity contribution in [2.45, 2.75) is 26.4 Å². The van der Waals surface area contributed by atoms with E-state index in [4.69, 9.17) is 9.26 Å². The Morgan fingerprint density at radius 2 is 2.09 bits per heavy atom. The molecular weight excluding hydrogens is 280 g/mol. The maximum atomic E-state index is 12.5. The number of carbonyl (C=O) groups excluding carboxylic acids is 1. The molecule has 5 heteroatoms. The third kappa shape index (κ3) is 3.04. The molecule has 0 bridgehead atoms. The molecule has 1 atom stereocenters. The molecule has 1 amide bonds. The summed E-state index contributed by atoms with van der Waals surface area (Å²) in [4.78, 5) is 14.4. The van der Waals surface area contributed by atoms with E-state index in [9.17, 15) is 4.79 Å². The number of hydrogen-bond acceptors (Lipinski definition) is 4. The summed E-state index contributed by atoms with van der Waals surface area (Å²) in [6.45, 7) is 5.49. The molecule has 1 saturated heterocycles. The van der Waals surface area contributed by atoms with Crippen molar-refractivity contribution >= 4 is 5.91 Å². The van der Waals surface area contributed by atoms with E-state index in [0.29, 0.717) is 26.1 Å². The largest absolute Gasteiger partial charge is 0.370 e. The van der Waals surface area contributed by atoms with Gasteiger partial charge in [-0.1, -0.05) is 35.5 Å². The summed E-state index contributed by atoms with van der Waals surface area (Å²) in [6, 6.07) is 10.0. The fourth-order valence-electron chi connectivity index (χ4n) is 2.76. The number of aromatic nitrogens is 1. The Kier molecular flexibility index (Phi) is 4.24. The van der Waals surface area contributed by atoms with Crippen molar-refractivity contribution in [3.05, 3.63) is 52.9 Å². The minimum Gasteiger partial charge on any atom is -0.370 e. The zero-order chi connectivity index (χ0) is 15.5. The summed E-state index contributed by atoms with van der Waals surface area (Å²) in [5.74, 6) is 0.817. The predicted octanol–water partition coefficient (Wildman–Crippen LogP) is 2.43. The molecule has 116 valence electrons. The molecule has 1 aliphatic rings. The number of hydrogen-bond donors (Lipinski definition) is 0. The molecule has 0 aliphatic carbocycles. The second-order valence-electron chi connectivity index (χ2n) is 5.59. The number of benzene rings is 1. The normalized spacial score (nSPS) is 18.5. The molecular formula is C17H20N2O3. The SMILES string of the molecule is Cc1noc(C)c1CC(=O)N1CCO[C@@H](c2ccccc2)C1. The highest BCUT2D eigenvalue weighted by Crippen LogP contribution is 2.23. The molecule has 3 rings (SSSR count). The highest BCUT2D eigenvalue weighted by atomic mass is 16.5. The number of amides is 1. The van der Waals surface area contributed by atoms with E-state index in [0.717, 1.165) is 22.6 Å². The first-order valence-electron chi connectivity index (χ1n) is 7.51. The number of nitrogens with zero attached hydrogens (tertiary/aromatic N) is 2. The Bertz CT molecular complexity index is 632. The van der Waals surface area contributed by atoms with Gasteiger partial charge in [0.15, 0.2) is 0 Å². The topological polar surface area (TPSA) is 55.6 Å². The minimum absolute atomic E-state index is 0.0523. The molecule has 1 fully saturated rings. The summed E-state index contributed by atoms with van der Waals surface area (Å²) >= 11 is 0. The average molecular weight is 300 g/mol. The standard InChI is InChI=1S/C17H20N2O3/c1-12-15(13(2)22-18-12)10-17(20)19-8-9-21-16(11-19)14-6-4-3-5-7-14/h3-7,16H,8-11H2,1-2H3/t16-/m1/s1. The molecule has 0 spiro atoms. The fraction of sp³-hybridized carbons (Fsp3) is 0.412. The van der Waals surface area contributed by atoms with E-state index in [1.807, 2.05) is 49.1 Å². The zero-order valence-electron chi connectivity index (χ0n) is 12.9. The van der Waals surface area contributed by atoms with Crippen LogP contribution in [0.1, 0.15) is 28.7 Å². The Morgan fingerprint density at radius 1 is 1.32 bits per heavy atom. The fourth-order valence-corrected chi connectivity index (χ4v) is 2.76. The Morgan fingerprint density at radius 3 is 2.77 bits per heavy atom. The van der Waals surface area contributed by atoms with Crippen molar-refractivity contribution in [2.24, 2.45) is 0 Å². The van der Waals surface area contributed by atoms with Crippen LogP contribution in [0.3, 0.4) is 0 Å². The molecule has 1 aromatic heterocycles. The minimum atomic E-state index is -0.0523. The van der Waals surface area contributed by atoms with Crippen molar-refractivity contribution in [1.82, 2.24) is 10.1 Å². The van der Waals surface area contributed by atoms with E-state index in [2.05, 4.69) is 5.16 Å². The summed E-state index contributed by atoms with van der Waals surface area (Å²) in [5, 5.41) is 3.91. The van der Waals surface area contributed by atoms with Crippen LogP contribution in [-0.2, 0) is 16.0 Å². The maximum absolute atomic E-state index is 12.5. The molecule has 5 nitrogen and oxygen atoms in total. The molecule has 0 radical (unpaired) electrons. The van der Waals surface area contributed by atoms with E-state index in [1.165, 1.54) is 0 Å². The lowest BCUT2D eigenvalue weighted by molar-refractivity contribution is -0.138. The zero-order valence-corrected chi connectivity index (χ0v) is 12.9. The van der Waals surface area contributed by atoms with Crippen molar-refractivity contribution in [2.75, 3.05) is 19.7 Å². The highest BCUT2D eigenvalue weighted by Gasteiger charge is 2.26. The van der Waals surface area contributed by atoms with Crippen LogP contribution in [-0.4, -0.2) is 35.7 Å². The van der Waals surface area contributed by atoms with Gasteiger partial charge < -0.3 is 14.2 Å². The Labute approximate surface area is 129 Å². The summed E-state index contributed by atoms with van der Waals surface area (Å²) in [6.07, 6.45) is 0.284. The molecule has 1 aliphatic heterocycles. The lowest BCUT2D eigenvalue weighted by atomic mass is 10.1. The van der Waals surface area contributed by atoms with Crippen LogP contribution >= 0.6 is 0 Å². The van der Waals surface area contributed by atoms with Gasteiger partial charge >= 0.3 is 0 Å². The number of rotatable bonds is 3. The van der Waals surface area contributed by atoms with E-state index in [-0.39, 0.29) is 12.0 Å². The van der Waals surface area contributed by atoms with Gasteiger partial charge in [-0.05, 0) is 19.4 Å². The molecule has 1 aromatic carbocycles. The van der Waals surface area contributed by atoms with Gasteiger partial charge in [0, 0.05) is 12.1 Å². The summed E-state index contributed by atoms with van der Waals surface area (Å²) < 4.78 is 10.9. The van der Waals surface area contributed by atoms with Crippen molar-refractivity contribution in [3.8, 4) is 0 Å². The summed E-state index contributed by atoms with van der Waals surface area (Å²) in [7, 11) is 0.